The first kappa shape index (κ1) is 11.8. The topological polar surface area (TPSA) is 47.8 Å². The van der Waals surface area contributed by atoms with Crippen molar-refractivity contribution in [1.82, 2.24) is 15.0 Å². The van der Waals surface area contributed by atoms with Gasteiger partial charge in [0.2, 0.25) is 5.78 Å². The number of aromatic nitrogens is 3. The van der Waals surface area contributed by atoms with E-state index in [9.17, 15) is 13.6 Å². The molecule has 88 valence electrons. The number of rotatable bonds is 2. The van der Waals surface area contributed by atoms with Crippen molar-refractivity contribution in [3.63, 3.8) is 0 Å². The van der Waals surface area contributed by atoms with Crippen molar-refractivity contribution in [2.75, 3.05) is 0 Å². The van der Waals surface area contributed by atoms with E-state index in [1.807, 2.05) is 0 Å². The van der Waals surface area contributed by atoms with Gasteiger partial charge in [0.15, 0.2) is 16.2 Å². The first-order valence-electron chi connectivity index (χ1n) is 4.55. The summed E-state index contributed by atoms with van der Waals surface area (Å²) in [6.07, 6.45) is 0. The third-order valence-corrected chi connectivity index (χ3v) is 2.72. The quantitative estimate of drug-likeness (QED) is 0.798. The van der Waals surface area contributed by atoms with Gasteiger partial charge in [-0.05, 0) is 34.1 Å². The molecule has 17 heavy (non-hydrogen) atoms. The first-order valence-corrected chi connectivity index (χ1v) is 5.35. The second-order valence-corrected chi connectivity index (χ2v) is 4.06. The number of carbonyl (C=O) groups is 1. The van der Waals surface area contributed by atoms with Gasteiger partial charge in [-0.2, -0.15) is 0 Å². The number of hydrogen-bond donors (Lipinski definition) is 0. The average Bonchev–Trinajstić information content (AvgIpc) is 2.62. The Labute approximate surface area is 103 Å². The monoisotopic (exact) mass is 301 g/mol. The molecule has 0 saturated carbocycles. The van der Waals surface area contributed by atoms with Crippen molar-refractivity contribution in [3.05, 3.63) is 45.7 Å². The molecule has 1 heterocycles. The van der Waals surface area contributed by atoms with Gasteiger partial charge in [0.1, 0.15) is 5.69 Å². The van der Waals surface area contributed by atoms with E-state index in [1.165, 1.54) is 17.8 Å². The molecule has 0 amide bonds. The summed E-state index contributed by atoms with van der Waals surface area (Å²) in [5.41, 5.74) is 0.214. The molecule has 0 unspecified atom stereocenters. The number of ketones is 1. The highest BCUT2D eigenvalue weighted by atomic mass is 79.9. The number of carbonyl (C=O) groups excluding carboxylic acids is 1. The van der Waals surface area contributed by atoms with Crippen LogP contribution in [-0.2, 0) is 7.05 Å². The van der Waals surface area contributed by atoms with E-state index in [4.69, 9.17) is 0 Å². The third-order valence-electron chi connectivity index (χ3n) is 2.18. The van der Waals surface area contributed by atoms with Gasteiger partial charge in [-0.15, -0.1) is 5.10 Å². The number of nitrogens with zero attached hydrogens (tertiary/aromatic N) is 3. The van der Waals surface area contributed by atoms with Crippen LogP contribution < -0.4 is 0 Å². The Kier molecular flexibility index (Phi) is 3.01. The van der Waals surface area contributed by atoms with Crippen molar-refractivity contribution in [2.45, 2.75) is 0 Å². The summed E-state index contributed by atoms with van der Waals surface area (Å²) in [6.45, 7) is 0. The molecule has 2 rings (SSSR count). The lowest BCUT2D eigenvalue weighted by Gasteiger charge is -2.02. The summed E-state index contributed by atoms with van der Waals surface area (Å²) < 4.78 is 27.3. The van der Waals surface area contributed by atoms with E-state index in [1.54, 1.807) is 0 Å². The molecule has 0 aliphatic heterocycles. The molecule has 2 aromatic rings. The highest BCUT2D eigenvalue weighted by Crippen LogP contribution is 2.18. The fourth-order valence-corrected chi connectivity index (χ4v) is 1.85. The van der Waals surface area contributed by atoms with Crippen molar-refractivity contribution >= 4 is 21.7 Å². The predicted octanol–water partition coefficient (Wildman–Crippen LogP) is 2.09. The molecule has 0 radical (unpaired) electrons. The van der Waals surface area contributed by atoms with Crippen LogP contribution in [0.4, 0.5) is 8.78 Å². The highest BCUT2D eigenvalue weighted by Gasteiger charge is 2.19. The van der Waals surface area contributed by atoms with Crippen LogP contribution in [0.3, 0.4) is 0 Å². The van der Waals surface area contributed by atoms with Gasteiger partial charge in [0.05, 0.1) is 0 Å². The van der Waals surface area contributed by atoms with Crippen LogP contribution in [-0.4, -0.2) is 20.8 Å². The third kappa shape index (κ3) is 2.10. The summed E-state index contributed by atoms with van der Waals surface area (Å²) in [5, 5.41) is 7.28. The minimum atomic E-state index is -1.07. The average molecular weight is 302 g/mol. The minimum absolute atomic E-state index is 0.0370. The molecule has 0 spiro atoms. The number of aryl methyl sites for hydroxylation is 1. The number of benzene rings is 1. The Morgan fingerprint density at radius 2 is 2.06 bits per heavy atom. The second kappa shape index (κ2) is 4.33. The molecule has 0 aliphatic carbocycles. The van der Waals surface area contributed by atoms with Gasteiger partial charge in [0.25, 0.3) is 0 Å². The number of halogens is 3. The van der Waals surface area contributed by atoms with Gasteiger partial charge < -0.3 is 0 Å². The van der Waals surface area contributed by atoms with Gasteiger partial charge in [-0.1, -0.05) is 5.21 Å². The van der Waals surface area contributed by atoms with E-state index >= 15 is 0 Å². The number of hydrogen-bond acceptors (Lipinski definition) is 3. The molecule has 0 atom stereocenters. The fourth-order valence-electron chi connectivity index (χ4n) is 1.35. The van der Waals surface area contributed by atoms with E-state index in [0.29, 0.717) is 0 Å². The zero-order valence-corrected chi connectivity index (χ0v) is 10.2. The lowest BCUT2D eigenvalue weighted by molar-refractivity contribution is 0.102. The predicted molar refractivity (Wildman–Crippen MR) is 58.5 cm³/mol. The highest BCUT2D eigenvalue weighted by molar-refractivity contribution is 9.10. The van der Waals surface area contributed by atoms with Crippen LogP contribution in [0.25, 0.3) is 0 Å². The molecule has 1 aromatic heterocycles. The summed E-state index contributed by atoms with van der Waals surface area (Å²) in [4.78, 5) is 12.0. The maximum atomic E-state index is 13.0. The molecule has 4 nitrogen and oxygen atoms in total. The maximum Gasteiger partial charge on any atom is 0.213 e. The Morgan fingerprint density at radius 3 is 2.59 bits per heavy atom. The molecular weight excluding hydrogens is 296 g/mol. The maximum absolute atomic E-state index is 13.0. The summed E-state index contributed by atoms with van der Waals surface area (Å²) in [5.74, 6) is -2.55. The van der Waals surface area contributed by atoms with Crippen LogP contribution in [0, 0.1) is 11.6 Å². The first-order chi connectivity index (χ1) is 8.00. The van der Waals surface area contributed by atoms with E-state index < -0.39 is 17.4 Å². The summed E-state index contributed by atoms with van der Waals surface area (Å²) >= 11 is 3.06. The fraction of sp³-hybridized carbons (Fsp3) is 0.100. The zero-order chi connectivity index (χ0) is 12.6. The van der Waals surface area contributed by atoms with E-state index in [2.05, 4.69) is 26.2 Å². The van der Waals surface area contributed by atoms with Crippen molar-refractivity contribution in [2.24, 2.45) is 7.05 Å². The lowest BCUT2D eigenvalue weighted by Crippen LogP contribution is -2.09. The normalized spacial score (nSPS) is 10.6. The molecule has 0 saturated heterocycles. The zero-order valence-electron chi connectivity index (χ0n) is 8.62. The Bertz CT molecular complexity index is 578. The van der Waals surface area contributed by atoms with Crippen LogP contribution in [0.15, 0.2) is 22.8 Å². The molecule has 0 bridgehead atoms. The van der Waals surface area contributed by atoms with E-state index in [0.717, 1.165) is 12.1 Å². The van der Waals surface area contributed by atoms with Crippen LogP contribution in [0.5, 0.6) is 0 Å². The van der Waals surface area contributed by atoms with Gasteiger partial charge in [-0.25, -0.2) is 13.5 Å². The smallest absolute Gasteiger partial charge is 0.213 e. The van der Waals surface area contributed by atoms with Crippen LogP contribution in [0.2, 0.25) is 0 Å². The molecule has 0 fully saturated rings. The lowest BCUT2D eigenvalue weighted by atomic mass is 10.1. The minimum Gasteiger partial charge on any atom is -0.287 e. The Balaban J connectivity index is 2.48. The molecule has 0 N–H and O–H groups in total. The van der Waals surface area contributed by atoms with Gasteiger partial charge in [0, 0.05) is 12.6 Å². The van der Waals surface area contributed by atoms with Gasteiger partial charge in [-0.3, -0.25) is 4.79 Å². The van der Waals surface area contributed by atoms with Crippen LogP contribution in [0.1, 0.15) is 16.1 Å². The summed E-state index contributed by atoms with van der Waals surface area (Å²) in [6, 6.07) is 2.96. The SMILES string of the molecule is Cn1nnc(Br)c1C(=O)c1ccc(F)c(F)c1. The summed E-state index contributed by atoms with van der Waals surface area (Å²) in [7, 11) is 1.53. The van der Waals surface area contributed by atoms with E-state index in [-0.39, 0.29) is 15.9 Å². The molecule has 0 aliphatic rings. The molecular formula is C10H6BrF2N3O. The van der Waals surface area contributed by atoms with Gasteiger partial charge >= 0.3 is 0 Å². The van der Waals surface area contributed by atoms with Crippen molar-refractivity contribution < 1.29 is 13.6 Å². The molecule has 1 aromatic carbocycles. The van der Waals surface area contributed by atoms with Crippen molar-refractivity contribution in [3.8, 4) is 0 Å². The molecule has 7 heteroatoms. The standard InChI is InChI=1S/C10H6BrF2N3O/c1-16-8(10(11)14-15-16)9(17)5-2-3-6(12)7(13)4-5/h2-4H,1H3. The Hall–Kier alpha value is -1.63. The second-order valence-electron chi connectivity index (χ2n) is 3.31. The Morgan fingerprint density at radius 1 is 1.35 bits per heavy atom. The largest absolute Gasteiger partial charge is 0.287 e. The van der Waals surface area contributed by atoms with Crippen molar-refractivity contribution in [1.29, 1.82) is 0 Å². The van der Waals surface area contributed by atoms with Crippen LogP contribution >= 0.6 is 15.9 Å².